The van der Waals surface area contributed by atoms with Crippen LogP contribution in [0.4, 0.5) is 5.82 Å². The molecule has 0 aliphatic carbocycles. The van der Waals surface area contributed by atoms with E-state index in [0.717, 1.165) is 0 Å². The first-order valence-corrected chi connectivity index (χ1v) is 4.81. The number of carboxylic acids is 1. The van der Waals surface area contributed by atoms with E-state index in [4.69, 9.17) is 5.11 Å². The largest absolute Gasteiger partial charge is 0.481 e. The molecular weight excluding hydrogens is 212 g/mol. The molecule has 0 saturated heterocycles. The maximum absolute atomic E-state index is 11.5. The third-order valence-corrected chi connectivity index (χ3v) is 1.97. The molecule has 6 nitrogen and oxygen atoms in total. The van der Waals surface area contributed by atoms with Gasteiger partial charge in [0.25, 0.3) is 0 Å². The van der Waals surface area contributed by atoms with Crippen LogP contribution in [0.2, 0.25) is 0 Å². The Bertz CT molecular complexity index is 370. The SMILES string of the molecule is CC(C)(CC(=O)O)CC(=O)Nc1ccon1. The van der Waals surface area contributed by atoms with E-state index >= 15 is 0 Å². The number of aliphatic carboxylic acids is 1. The van der Waals surface area contributed by atoms with Gasteiger partial charge in [-0.15, -0.1) is 0 Å². The highest BCUT2D eigenvalue weighted by atomic mass is 16.5. The van der Waals surface area contributed by atoms with E-state index < -0.39 is 11.4 Å². The minimum Gasteiger partial charge on any atom is -0.481 e. The fraction of sp³-hybridized carbons (Fsp3) is 0.500. The van der Waals surface area contributed by atoms with Gasteiger partial charge >= 0.3 is 5.97 Å². The Hall–Kier alpha value is -1.85. The Morgan fingerprint density at radius 2 is 2.19 bits per heavy atom. The number of aromatic nitrogens is 1. The molecule has 1 rings (SSSR count). The van der Waals surface area contributed by atoms with Crippen molar-refractivity contribution in [3.8, 4) is 0 Å². The minimum atomic E-state index is -0.917. The van der Waals surface area contributed by atoms with Crippen LogP contribution >= 0.6 is 0 Å². The van der Waals surface area contributed by atoms with Gasteiger partial charge in [0.1, 0.15) is 6.26 Å². The lowest BCUT2D eigenvalue weighted by Gasteiger charge is -2.20. The number of nitrogens with zero attached hydrogens (tertiary/aromatic N) is 1. The fourth-order valence-electron chi connectivity index (χ4n) is 1.37. The van der Waals surface area contributed by atoms with Crippen LogP contribution in [-0.2, 0) is 9.59 Å². The zero-order valence-electron chi connectivity index (χ0n) is 9.19. The Balaban J connectivity index is 2.47. The van der Waals surface area contributed by atoms with Crippen LogP contribution in [-0.4, -0.2) is 22.1 Å². The average Bonchev–Trinajstić information content (AvgIpc) is 2.51. The van der Waals surface area contributed by atoms with Crippen molar-refractivity contribution >= 4 is 17.7 Å². The second-order valence-corrected chi connectivity index (χ2v) is 4.34. The van der Waals surface area contributed by atoms with E-state index in [0.29, 0.717) is 5.82 Å². The monoisotopic (exact) mass is 226 g/mol. The van der Waals surface area contributed by atoms with Gasteiger partial charge in [0, 0.05) is 12.5 Å². The molecule has 0 atom stereocenters. The van der Waals surface area contributed by atoms with Gasteiger partial charge in [0.15, 0.2) is 5.82 Å². The van der Waals surface area contributed by atoms with Crippen molar-refractivity contribution in [2.75, 3.05) is 5.32 Å². The number of carbonyl (C=O) groups is 2. The van der Waals surface area contributed by atoms with E-state index in [2.05, 4.69) is 15.0 Å². The third-order valence-electron chi connectivity index (χ3n) is 1.97. The molecule has 1 heterocycles. The fourth-order valence-corrected chi connectivity index (χ4v) is 1.37. The van der Waals surface area contributed by atoms with E-state index in [1.54, 1.807) is 13.8 Å². The molecule has 16 heavy (non-hydrogen) atoms. The molecule has 0 aliphatic heterocycles. The van der Waals surface area contributed by atoms with Gasteiger partial charge in [0.05, 0.1) is 6.42 Å². The Labute approximate surface area is 92.6 Å². The molecule has 0 aliphatic rings. The molecule has 0 fully saturated rings. The standard InChI is InChI=1S/C10H14N2O4/c1-10(2,6-9(14)15)5-8(13)11-7-3-4-16-12-7/h3-4H,5-6H2,1-2H3,(H,14,15)(H,11,12,13). The number of rotatable bonds is 5. The van der Waals surface area contributed by atoms with E-state index in [9.17, 15) is 9.59 Å². The summed E-state index contributed by atoms with van der Waals surface area (Å²) in [6.45, 7) is 3.45. The van der Waals surface area contributed by atoms with Crippen molar-refractivity contribution in [1.29, 1.82) is 0 Å². The van der Waals surface area contributed by atoms with Gasteiger partial charge in [-0.3, -0.25) is 9.59 Å². The van der Waals surface area contributed by atoms with Gasteiger partial charge < -0.3 is 14.9 Å². The molecule has 0 spiro atoms. The second-order valence-electron chi connectivity index (χ2n) is 4.34. The lowest BCUT2D eigenvalue weighted by molar-refractivity contribution is -0.139. The zero-order chi connectivity index (χ0) is 12.2. The summed E-state index contributed by atoms with van der Waals surface area (Å²) in [5.74, 6) is -0.865. The van der Waals surface area contributed by atoms with Crippen LogP contribution in [0.3, 0.4) is 0 Å². The van der Waals surface area contributed by atoms with Crippen LogP contribution in [0.25, 0.3) is 0 Å². The molecule has 1 amide bonds. The number of amides is 1. The predicted octanol–water partition coefficient (Wildman–Crippen LogP) is 1.50. The molecule has 88 valence electrons. The van der Waals surface area contributed by atoms with Gasteiger partial charge in [-0.1, -0.05) is 19.0 Å². The summed E-state index contributed by atoms with van der Waals surface area (Å²) >= 11 is 0. The van der Waals surface area contributed by atoms with Crippen molar-refractivity contribution < 1.29 is 19.2 Å². The summed E-state index contributed by atoms with van der Waals surface area (Å²) in [6.07, 6.45) is 1.41. The number of carboxylic acid groups (broad SMARTS) is 1. The van der Waals surface area contributed by atoms with Crippen LogP contribution in [0, 0.1) is 5.41 Å². The maximum atomic E-state index is 11.5. The number of carbonyl (C=O) groups excluding carboxylic acids is 1. The van der Waals surface area contributed by atoms with Gasteiger partial charge in [0.2, 0.25) is 5.91 Å². The number of hydrogen-bond acceptors (Lipinski definition) is 4. The van der Waals surface area contributed by atoms with Crippen molar-refractivity contribution in [3.63, 3.8) is 0 Å². The molecule has 1 aromatic heterocycles. The van der Waals surface area contributed by atoms with Crippen molar-refractivity contribution in [3.05, 3.63) is 12.3 Å². The normalized spacial score (nSPS) is 11.1. The third kappa shape index (κ3) is 4.12. The summed E-state index contributed by atoms with van der Waals surface area (Å²) in [6, 6.07) is 1.52. The Morgan fingerprint density at radius 1 is 1.50 bits per heavy atom. The summed E-state index contributed by atoms with van der Waals surface area (Å²) in [4.78, 5) is 22.1. The molecule has 2 N–H and O–H groups in total. The number of anilines is 1. The maximum Gasteiger partial charge on any atom is 0.303 e. The van der Waals surface area contributed by atoms with Crippen LogP contribution < -0.4 is 5.32 Å². The van der Waals surface area contributed by atoms with Crippen molar-refractivity contribution in [2.45, 2.75) is 26.7 Å². The summed E-state index contributed by atoms with van der Waals surface area (Å²) < 4.78 is 4.55. The molecule has 0 radical (unpaired) electrons. The van der Waals surface area contributed by atoms with Crippen LogP contribution in [0.5, 0.6) is 0 Å². The molecular formula is C10H14N2O4. The highest BCUT2D eigenvalue weighted by molar-refractivity contribution is 5.90. The smallest absolute Gasteiger partial charge is 0.303 e. The molecule has 0 saturated carbocycles. The lowest BCUT2D eigenvalue weighted by Crippen LogP contribution is -2.24. The molecule has 0 aromatic carbocycles. The average molecular weight is 226 g/mol. The summed E-state index contributed by atoms with van der Waals surface area (Å²) in [5, 5.41) is 14.7. The molecule has 1 aromatic rings. The first-order valence-electron chi connectivity index (χ1n) is 4.81. The first kappa shape index (κ1) is 12.2. The minimum absolute atomic E-state index is 0.0563. The van der Waals surface area contributed by atoms with Crippen LogP contribution in [0.15, 0.2) is 16.9 Å². The second kappa shape index (κ2) is 4.78. The quantitative estimate of drug-likeness (QED) is 0.793. The number of nitrogens with one attached hydrogen (secondary N) is 1. The first-order chi connectivity index (χ1) is 7.39. The Kier molecular flexibility index (Phi) is 3.65. The molecule has 0 bridgehead atoms. The Morgan fingerprint density at radius 3 is 2.69 bits per heavy atom. The van der Waals surface area contributed by atoms with Gasteiger partial charge in [-0.2, -0.15) is 0 Å². The molecule has 0 unspecified atom stereocenters. The van der Waals surface area contributed by atoms with Crippen molar-refractivity contribution in [1.82, 2.24) is 5.16 Å². The predicted molar refractivity (Wildman–Crippen MR) is 55.8 cm³/mol. The van der Waals surface area contributed by atoms with E-state index in [1.807, 2.05) is 0 Å². The lowest BCUT2D eigenvalue weighted by atomic mass is 9.85. The molecule has 6 heteroatoms. The zero-order valence-corrected chi connectivity index (χ0v) is 9.19. The van der Waals surface area contributed by atoms with Crippen LogP contribution in [0.1, 0.15) is 26.7 Å². The highest BCUT2D eigenvalue weighted by Gasteiger charge is 2.25. The summed E-state index contributed by atoms with van der Waals surface area (Å²) in [7, 11) is 0. The van der Waals surface area contributed by atoms with Gasteiger partial charge in [-0.05, 0) is 5.41 Å². The van der Waals surface area contributed by atoms with E-state index in [-0.39, 0.29) is 18.7 Å². The van der Waals surface area contributed by atoms with Crippen molar-refractivity contribution in [2.24, 2.45) is 5.41 Å². The highest BCUT2D eigenvalue weighted by Crippen LogP contribution is 2.25. The summed E-state index contributed by atoms with van der Waals surface area (Å²) in [5.41, 5.74) is -0.584. The van der Waals surface area contributed by atoms with E-state index in [1.165, 1.54) is 12.3 Å². The number of hydrogen-bond donors (Lipinski definition) is 2. The van der Waals surface area contributed by atoms with Gasteiger partial charge in [-0.25, -0.2) is 0 Å². The topological polar surface area (TPSA) is 92.4 Å².